The lowest BCUT2D eigenvalue weighted by atomic mass is 10.1. The van der Waals surface area contributed by atoms with Gasteiger partial charge in [0.05, 0.1) is 26.4 Å². The molecule has 0 saturated carbocycles. The summed E-state index contributed by atoms with van der Waals surface area (Å²) < 4.78 is 10.9. The highest BCUT2D eigenvalue weighted by atomic mass is 16.5. The van der Waals surface area contributed by atoms with E-state index in [-0.39, 0.29) is 0 Å². The maximum absolute atomic E-state index is 5.48. The Balaban J connectivity index is 1.30. The lowest BCUT2D eigenvalue weighted by Gasteiger charge is -2.31. The molecule has 29 heavy (non-hydrogen) atoms. The number of likely N-dealkylation sites (tertiary alicyclic amines) is 1. The van der Waals surface area contributed by atoms with Crippen LogP contribution in [0.15, 0.2) is 0 Å². The van der Waals surface area contributed by atoms with Gasteiger partial charge < -0.3 is 14.4 Å². The topological polar surface area (TPSA) is 55.5 Å². The number of nitrogens with one attached hydrogen (secondary N) is 2. The predicted molar refractivity (Wildman–Crippen MR) is 117 cm³/mol. The Labute approximate surface area is 177 Å². The first-order valence-electron chi connectivity index (χ1n) is 12.0. The SMILES string of the molecule is C1CCN(CCCNN(CCN2CCOCC2)NCCCN2CCOCC2)CC1. The molecule has 0 spiro atoms. The van der Waals surface area contributed by atoms with Gasteiger partial charge in [-0.2, -0.15) is 5.12 Å². The molecule has 3 heterocycles. The molecule has 0 bridgehead atoms. The van der Waals surface area contributed by atoms with Crippen molar-refractivity contribution in [1.82, 2.24) is 30.7 Å². The number of rotatable bonds is 13. The highest BCUT2D eigenvalue weighted by Gasteiger charge is 2.14. The normalized spacial score (nSPS) is 23.1. The van der Waals surface area contributed by atoms with E-state index in [1.54, 1.807) is 0 Å². The van der Waals surface area contributed by atoms with Gasteiger partial charge in [0.2, 0.25) is 0 Å². The Morgan fingerprint density at radius 1 is 0.586 bits per heavy atom. The van der Waals surface area contributed by atoms with Gasteiger partial charge in [-0.05, 0) is 51.9 Å². The minimum absolute atomic E-state index is 0.871. The third-order valence-corrected chi connectivity index (χ3v) is 6.20. The van der Waals surface area contributed by atoms with Crippen LogP contribution in [-0.4, -0.2) is 125 Å². The smallest absolute Gasteiger partial charge is 0.0594 e. The average molecular weight is 413 g/mol. The molecule has 3 aliphatic heterocycles. The second-order valence-corrected chi connectivity index (χ2v) is 8.49. The molecule has 0 aliphatic carbocycles. The van der Waals surface area contributed by atoms with Crippen LogP contribution in [0.25, 0.3) is 0 Å². The van der Waals surface area contributed by atoms with Crippen molar-refractivity contribution in [3.63, 3.8) is 0 Å². The van der Waals surface area contributed by atoms with Crippen molar-refractivity contribution in [3.8, 4) is 0 Å². The fraction of sp³-hybridized carbons (Fsp3) is 1.00. The summed E-state index contributed by atoms with van der Waals surface area (Å²) >= 11 is 0. The van der Waals surface area contributed by atoms with Crippen LogP contribution in [0.5, 0.6) is 0 Å². The molecular formula is C21H44N6O2. The third kappa shape index (κ3) is 10.0. The number of nitrogens with zero attached hydrogens (tertiary/aromatic N) is 4. The maximum atomic E-state index is 5.48. The second-order valence-electron chi connectivity index (χ2n) is 8.49. The van der Waals surface area contributed by atoms with E-state index < -0.39 is 0 Å². The van der Waals surface area contributed by atoms with Crippen LogP contribution < -0.4 is 10.9 Å². The molecular weight excluding hydrogens is 368 g/mol. The maximum Gasteiger partial charge on any atom is 0.0594 e. The summed E-state index contributed by atoms with van der Waals surface area (Å²) in [4.78, 5) is 7.63. The van der Waals surface area contributed by atoms with Crippen molar-refractivity contribution >= 4 is 0 Å². The van der Waals surface area contributed by atoms with Crippen LogP contribution in [0, 0.1) is 0 Å². The van der Waals surface area contributed by atoms with Gasteiger partial charge in [0, 0.05) is 52.4 Å². The number of piperidine rings is 1. The van der Waals surface area contributed by atoms with Gasteiger partial charge >= 0.3 is 0 Å². The predicted octanol–water partition coefficient (Wildman–Crippen LogP) is 0.228. The monoisotopic (exact) mass is 412 g/mol. The van der Waals surface area contributed by atoms with Gasteiger partial charge in [-0.3, -0.25) is 9.80 Å². The quantitative estimate of drug-likeness (QED) is 0.329. The van der Waals surface area contributed by atoms with E-state index in [0.29, 0.717) is 0 Å². The molecule has 8 heteroatoms. The number of hydrazine groups is 2. The summed E-state index contributed by atoms with van der Waals surface area (Å²) in [7, 11) is 0. The Morgan fingerprint density at radius 2 is 1.07 bits per heavy atom. The summed E-state index contributed by atoms with van der Waals surface area (Å²) in [6.45, 7) is 16.9. The largest absolute Gasteiger partial charge is 0.379 e. The summed E-state index contributed by atoms with van der Waals surface area (Å²) in [5.74, 6) is 0. The number of hydrogen-bond acceptors (Lipinski definition) is 8. The molecule has 0 aromatic rings. The van der Waals surface area contributed by atoms with Crippen LogP contribution in [0.1, 0.15) is 32.1 Å². The van der Waals surface area contributed by atoms with Crippen molar-refractivity contribution in [1.29, 1.82) is 0 Å². The van der Waals surface area contributed by atoms with Gasteiger partial charge in [-0.15, -0.1) is 0 Å². The Kier molecular flexibility index (Phi) is 11.8. The van der Waals surface area contributed by atoms with Crippen LogP contribution in [0.4, 0.5) is 0 Å². The van der Waals surface area contributed by atoms with Gasteiger partial charge in [-0.25, -0.2) is 10.9 Å². The van der Waals surface area contributed by atoms with Crippen molar-refractivity contribution in [2.75, 3.05) is 105 Å². The van der Waals surface area contributed by atoms with E-state index in [2.05, 4.69) is 30.7 Å². The second kappa shape index (κ2) is 14.6. The first kappa shape index (κ1) is 23.3. The molecule has 0 aromatic carbocycles. The summed E-state index contributed by atoms with van der Waals surface area (Å²) in [5.41, 5.74) is 7.27. The summed E-state index contributed by atoms with van der Waals surface area (Å²) in [6.07, 6.45) is 6.55. The van der Waals surface area contributed by atoms with Crippen molar-refractivity contribution in [2.45, 2.75) is 32.1 Å². The molecule has 0 atom stereocenters. The molecule has 0 unspecified atom stereocenters. The number of ether oxygens (including phenoxy) is 2. The first-order valence-corrected chi connectivity index (χ1v) is 12.0. The molecule has 3 aliphatic rings. The fourth-order valence-corrected chi connectivity index (χ4v) is 4.32. The number of morpholine rings is 2. The fourth-order valence-electron chi connectivity index (χ4n) is 4.32. The molecule has 170 valence electrons. The summed E-state index contributed by atoms with van der Waals surface area (Å²) in [5, 5.41) is 2.24. The first-order chi connectivity index (χ1) is 14.4. The van der Waals surface area contributed by atoms with Crippen molar-refractivity contribution in [2.24, 2.45) is 0 Å². The van der Waals surface area contributed by atoms with Crippen LogP contribution in [0.3, 0.4) is 0 Å². The van der Waals surface area contributed by atoms with Crippen LogP contribution in [-0.2, 0) is 9.47 Å². The van der Waals surface area contributed by atoms with E-state index in [4.69, 9.17) is 9.47 Å². The van der Waals surface area contributed by atoms with Gasteiger partial charge in [0.25, 0.3) is 0 Å². The Hall–Kier alpha value is -0.320. The van der Waals surface area contributed by atoms with Crippen LogP contribution in [0.2, 0.25) is 0 Å². The van der Waals surface area contributed by atoms with Gasteiger partial charge in [0.1, 0.15) is 0 Å². The minimum Gasteiger partial charge on any atom is -0.379 e. The van der Waals surface area contributed by atoms with E-state index in [0.717, 1.165) is 85.3 Å². The molecule has 0 radical (unpaired) electrons. The summed E-state index contributed by atoms with van der Waals surface area (Å²) in [6, 6.07) is 0. The molecule has 0 amide bonds. The van der Waals surface area contributed by atoms with E-state index in [1.807, 2.05) is 0 Å². The zero-order valence-corrected chi connectivity index (χ0v) is 18.5. The standard InChI is InChI=1S/C21H44N6O2/c1-2-8-24(9-3-1)10-4-6-22-27(13-12-26-16-20-29-21-17-26)23-7-5-11-25-14-18-28-19-15-25/h22-23H,1-21H2. The van der Waals surface area contributed by atoms with Crippen molar-refractivity contribution < 1.29 is 9.47 Å². The molecule has 3 rings (SSSR count). The lowest BCUT2D eigenvalue weighted by molar-refractivity contribution is 0.0209. The molecule has 8 nitrogen and oxygen atoms in total. The Bertz CT molecular complexity index is 373. The molecule has 3 saturated heterocycles. The molecule has 0 aromatic heterocycles. The number of hydrogen-bond donors (Lipinski definition) is 2. The van der Waals surface area contributed by atoms with Crippen molar-refractivity contribution in [3.05, 3.63) is 0 Å². The third-order valence-electron chi connectivity index (χ3n) is 6.20. The lowest BCUT2D eigenvalue weighted by Crippen LogP contribution is -2.53. The van der Waals surface area contributed by atoms with Crippen LogP contribution >= 0.6 is 0 Å². The Morgan fingerprint density at radius 3 is 1.62 bits per heavy atom. The zero-order chi connectivity index (χ0) is 20.0. The highest BCUT2D eigenvalue weighted by Crippen LogP contribution is 2.08. The highest BCUT2D eigenvalue weighted by molar-refractivity contribution is 4.67. The average Bonchev–Trinajstić information content (AvgIpc) is 2.79. The van der Waals surface area contributed by atoms with E-state index in [9.17, 15) is 0 Å². The van der Waals surface area contributed by atoms with Gasteiger partial charge in [0.15, 0.2) is 0 Å². The molecule has 3 fully saturated rings. The van der Waals surface area contributed by atoms with Gasteiger partial charge in [-0.1, -0.05) is 6.42 Å². The van der Waals surface area contributed by atoms with E-state index in [1.165, 1.54) is 51.7 Å². The minimum atomic E-state index is 0.871. The van der Waals surface area contributed by atoms with E-state index >= 15 is 0 Å². The molecule has 2 N–H and O–H groups in total. The zero-order valence-electron chi connectivity index (χ0n) is 18.5.